The number of unbranched alkanes of at least 4 members (excludes halogenated alkanes) is 2. The van der Waals surface area contributed by atoms with E-state index in [2.05, 4.69) is 4.90 Å². The molecule has 0 aromatic heterocycles. The minimum atomic E-state index is -0.115. The SMILES string of the molecule is Br.CCOC(=O)CCCCCN1C=CN(CC(=O)c2ccc(Cl)cc2)C1. The Morgan fingerprint density at radius 2 is 1.77 bits per heavy atom. The van der Waals surface area contributed by atoms with Crippen LogP contribution in [0.4, 0.5) is 0 Å². The fraction of sp³-hybridized carbons (Fsp3) is 0.474. The van der Waals surface area contributed by atoms with Crippen molar-refractivity contribution in [1.29, 1.82) is 0 Å². The summed E-state index contributed by atoms with van der Waals surface area (Å²) < 4.78 is 4.91. The maximum Gasteiger partial charge on any atom is 0.305 e. The second kappa shape index (κ2) is 12.0. The highest BCUT2D eigenvalue weighted by atomic mass is 79.9. The van der Waals surface area contributed by atoms with Crippen molar-refractivity contribution in [3.8, 4) is 0 Å². The van der Waals surface area contributed by atoms with E-state index in [0.717, 1.165) is 32.5 Å². The van der Waals surface area contributed by atoms with Gasteiger partial charge in [-0.1, -0.05) is 18.0 Å². The number of ether oxygens (including phenoxy) is 1. The third-order valence-electron chi connectivity index (χ3n) is 4.00. The molecule has 5 nitrogen and oxygen atoms in total. The standard InChI is InChI=1S/C19H25ClN2O3.BrH/c1-2-25-19(24)6-4-3-5-11-21-12-13-22(15-21)14-18(23)16-7-9-17(20)10-8-16;/h7-10,12-13H,2-6,11,14-15H2,1H3;1H. The average molecular weight is 446 g/mol. The van der Waals surface area contributed by atoms with Gasteiger partial charge in [0.05, 0.1) is 19.8 Å². The number of Topliss-reactive ketones (excluding diaryl/α,β-unsaturated/α-hetero) is 1. The molecular formula is C19H26BrClN2O3. The monoisotopic (exact) mass is 444 g/mol. The van der Waals surface area contributed by atoms with E-state index in [1.54, 1.807) is 24.3 Å². The number of rotatable bonds is 10. The van der Waals surface area contributed by atoms with E-state index in [4.69, 9.17) is 16.3 Å². The summed E-state index contributed by atoms with van der Waals surface area (Å²) >= 11 is 5.84. The van der Waals surface area contributed by atoms with Gasteiger partial charge in [-0.3, -0.25) is 9.59 Å². The smallest absolute Gasteiger partial charge is 0.305 e. The Labute approximate surface area is 170 Å². The Bertz CT molecular complexity index is 607. The maximum atomic E-state index is 12.3. The lowest BCUT2D eigenvalue weighted by molar-refractivity contribution is -0.143. The number of esters is 1. The van der Waals surface area contributed by atoms with E-state index < -0.39 is 0 Å². The highest BCUT2D eigenvalue weighted by Gasteiger charge is 2.16. The molecule has 0 atom stereocenters. The van der Waals surface area contributed by atoms with Gasteiger partial charge in [0.15, 0.2) is 5.78 Å². The van der Waals surface area contributed by atoms with Crippen molar-refractivity contribution < 1.29 is 14.3 Å². The quantitative estimate of drug-likeness (QED) is 0.306. The van der Waals surface area contributed by atoms with Gasteiger partial charge in [-0.25, -0.2) is 0 Å². The Morgan fingerprint density at radius 3 is 2.46 bits per heavy atom. The molecule has 0 radical (unpaired) electrons. The number of carbonyl (C=O) groups excluding carboxylic acids is 2. The number of ketones is 1. The second-order valence-corrected chi connectivity index (χ2v) is 6.48. The molecule has 1 aliphatic heterocycles. The molecule has 0 N–H and O–H groups in total. The summed E-state index contributed by atoms with van der Waals surface area (Å²) in [4.78, 5) is 27.7. The lowest BCUT2D eigenvalue weighted by atomic mass is 10.1. The van der Waals surface area contributed by atoms with Crippen LogP contribution in [-0.4, -0.2) is 47.9 Å². The number of benzene rings is 1. The molecule has 0 amide bonds. The molecule has 1 aliphatic rings. The summed E-state index contributed by atoms with van der Waals surface area (Å²) in [5, 5.41) is 0.631. The van der Waals surface area contributed by atoms with E-state index in [0.29, 0.717) is 30.2 Å². The summed E-state index contributed by atoms with van der Waals surface area (Å²) in [5.74, 6) is -0.0342. The van der Waals surface area contributed by atoms with Crippen LogP contribution in [0, 0.1) is 0 Å². The topological polar surface area (TPSA) is 49.9 Å². The van der Waals surface area contributed by atoms with Crippen molar-refractivity contribution in [2.45, 2.75) is 32.6 Å². The Balaban J connectivity index is 0.00000338. The van der Waals surface area contributed by atoms with Gasteiger partial charge < -0.3 is 14.5 Å². The van der Waals surface area contributed by atoms with Gasteiger partial charge in [0, 0.05) is 36.0 Å². The number of nitrogens with zero attached hydrogens (tertiary/aromatic N) is 2. The van der Waals surface area contributed by atoms with Gasteiger partial charge in [-0.15, -0.1) is 17.0 Å². The number of hydrogen-bond donors (Lipinski definition) is 0. The molecule has 0 unspecified atom stereocenters. The van der Waals surface area contributed by atoms with Crippen molar-refractivity contribution in [3.05, 3.63) is 47.3 Å². The van der Waals surface area contributed by atoms with Crippen LogP contribution in [0.5, 0.6) is 0 Å². The van der Waals surface area contributed by atoms with Gasteiger partial charge in [0.1, 0.15) is 0 Å². The van der Waals surface area contributed by atoms with Gasteiger partial charge >= 0.3 is 5.97 Å². The minimum absolute atomic E-state index is 0. The lowest BCUT2D eigenvalue weighted by Crippen LogP contribution is -2.30. The zero-order valence-corrected chi connectivity index (χ0v) is 17.5. The van der Waals surface area contributed by atoms with Crippen LogP contribution in [0.2, 0.25) is 5.02 Å². The van der Waals surface area contributed by atoms with Gasteiger partial charge in [0.2, 0.25) is 0 Å². The van der Waals surface area contributed by atoms with E-state index in [1.165, 1.54) is 0 Å². The zero-order valence-electron chi connectivity index (χ0n) is 15.0. The average Bonchev–Trinajstić information content (AvgIpc) is 3.02. The third kappa shape index (κ3) is 7.79. The largest absolute Gasteiger partial charge is 0.466 e. The zero-order chi connectivity index (χ0) is 18.1. The van der Waals surface area contributed by atoms with Gasteiger partial charge in [-0.05, 0) is 44.0 Å². The molecule has 1 aromatic rings. The highest BCUT2D eigenvalue weighted by molar-refractivity contribution is 8.93. The number of hydrogen-bond acceptors (Lipinski definition) is 5. The fourth-order valence-electron chi connectivity index (χ4n) is 2.67. The molecule has 1 aromatic carbocycles. The van der Waals surface area contributed by atoms with Gasteiger partial charge in [0.25, 0.3) is 0 Å². The third-order valence-corrected chi connectivity index (χ3v) is 4.25. The van der Waals surface area contributed by atoms with Crippen LogP contribution in [-0.2, 0) is 9.53 Å². The Kier molecular flexibility index (Phi) is 10.4. The van der Waals surface area contributed by atoms with Crippen molar-refractivity contribution in [2.24, 2.45) is 0 Å². The Hall–Kier alpha value is -1.53. The molecule has 1 heterocycles. The van der Waals surface area contributed by atoms with Crippen molar-refractivity contribution >= 4 is 40.3 Å². The minimum Gasteiger partial charge on any atom is -0.466 e. The maximum absolute atomic E-state index is 12.3. The summed E-state index contributed by atoms with van der Waals surface area (Å²) in [6.07, 6.45) is 7.32. The molecule has 0 fully saturated rings. The van der Waals surface area contributed by atoms with E-state index in [9.17, 15) is 9.59 Å². The first-order valence-corrected chi connectivity index (χ1v) is 9.07. The van der Waals surface area contributed by atoms with Crippen LogP contribution < -0.4 is 0 Å². The van der Waals surface area contributed by atoms with Crippen LogP contribution >= 0.6 is 28.6 Å². The van der Waals surface area contributed by atoms with E-state index in [-0.39, 0.29) is 28.7 Å². The predicted octanol–water partition coefficient (Wildman–Crippen LogP) is 4.27. The first kappa shape index (κ1) is 22.5. The summed E-state index contributed by atoms with van der Waals surface area (Å²) in [6, 6.07) is 6.98. The molecule has 0 saturated heterocycles. The van der Waals surface area contributed by atoms with Crippen LogP contribution in [0.15, 0.2) is 36.7 Å². The molecule has 0 bridgehead atoms. The second-order valence-electron chi connectivity index (χ2n) is 6.04. The molecule has 2 rings (SSSR count). The first-order chi connectivity index (χ1) is 12.1. The Morgan fingerprint density at radius 1 is 1.08 bits per heavy atom. The van der Waals surface area contributed by atoms with Crippen molar-refractivity contribution in [3.63, 3.8) is 0 Å². The first-order valence-electron chi connectivity index (χ1n) is 8.69. The normalized spacial score (nSPS) is 12.8. The molecule has 7 heteroatoms. The van der Waals surface area contributed by atoms with Crippen LogP contribution in [0.3, 0.4) is 0 Å². The van der Waals surface area contributed by atoms with Crippen LogP contribution in [0.1, 0.15) is 43.0 Å². The van der Waals surface area contributed by atoms with Gasteiger partial charge in [-0.2, -0.15) is 0 Å². The fourth-order valence-corrected chi connectivity index (χ4v) is 2.80. The molecule has 26 heavy (non-hydrogen) atoms. The molecule has 0 spiro atoms. The predicted molar refractivity (Wildman–Crippen MR) is 109 cm³/mol. The molecule has 0 saturated carbocycles. The molecular weight excluding hydrogens is 420 g/mol. The highest BCUT2D eigenvalue weighted by Crippen LogP contribution is 2.13. The summed E-state index contributed by atoms with van der Waals surface area (Å²) in [5.41, 5.74) is 0.676. The van der Waals surface area contributed by atoms with E-state index >= 15 is 0 Å². The summed E-state index contributed by atoms with van der Waals surface area (Å²) in [7, 11) is 0. The number of carbonyl (C=O) groups is 2. The molecule has 144 valence electrons. The molecule has 0 aliphatic carbocycles. The van der Waals surface area contributed by atoms with Crippen molar-refractivity contribution in [2.75, 3.05) is 26.4 Å². The van der Waals surface area contributed by atoms with Crippen LogP contribution in [0.25, 0.3) is 0 Å². The van der Waals surface area contributed by atoms with Crippen molar-refractivity contribution in [1.82, 2.24) is 9.80 Å². The lowest BCUT2D eigenvalue weighted by Gasteiger charge is -2.20. The summed E-state index contributed by atoms with van der Waals surface area (Å²) in [6.45, 7) is 4.27. The van der Waals surface area contributed by atoms with E-state index in [1.807, 2.05) is 24.2 Å². The number of halogens is 2.